The number of ether oxygens (including phenoxy) is 1. The zero-order chi connectivity index (χ0) is 16.8. The van der Waals surface area contributed by atoms with Gasteiger partial charge in [0.15, 0.2) is 0 Å². The predicted molar refractivity (Wildman–Crippen MR) is 89.4 cm³/mol. The van der Waals surface area contributed by atoms with E-state index in [2.05, 4.69) is 20.8 Å². The molecule has 1 aromatic heterocycles. The van der Waals surface area contributed by atoms with Gasteiger partial charge in [-0.05, 0) is 25.7 Å². The van der Waals surface area contributed by atoms with Gasteiger partial charge in [-0.3, -0.25) is 0 Å². The van der Waals surface area contributed by atoms with Crippen molar-refractivity contribution in [3.63, 3.8) is 0 Å². The molecule has 0 radical (unpaired) electrons. The highest BCUT2D eigenvalue weighted by Crippen LogP contribution is 2.40. The fraction of sp³-hybridized carbons (Fsp3) is 0.812. The van der Waals surface area contributed by atoms with Gasteiger partial charge in [-0.2, -0.15) is 5.10 Å². The van der Waals surface area contributed by atoms with Crippen LogP contribution in [0.4, 0.5) is 0 Å². The van der Waals surface area contributed by atoms with Crippen molar-refractivity contribution in [3.05, 3.63) is 11.3 Å². The molecule has 130 valence electrons. The fourth-order valence-corrected chi connectivity index (χ4v) is 4.49. The van der Waals surface area contributed by atoms with Crippen molar-refractivity contribution in [2.75, 3.05) is 19.3 Å². The summed E-state index contributed by atoms with van der Waals surface area (Å²) < 4.78 is 33.0. The van der Waals surface area contributed by atoms with E-state index in [-0.39, 0.29) is 6.10 Å². The van der Waals surface area contributed by atoms with E-state index in [1.807, 2.05) is 4.68 Å². The van der Waals surface area contributed by atoms with Crippen LogP contribution in [0.2, 0.25) is 0 Å². The molecule has 0 saturated carbocycles. The maximum Gasteiger partial charge on any atom is 0.215 e. The van der Waals surface area contributed by atoms with E-state index in [1.165, 1.54) is 11.8 Å². The first kappa shape index (κ1) is 16.8. The molecule has 0 amide bonds. The fourth-order valence-electron chi connectivity index (χ4n) is 3.61. The van der Waals surface area contributed by atoms with Crippen LogP contribution in [-0.2, 0) is 16.6 Å². The van der Waals surface area contributed by atoms with Gasteiger partial charge in [0, 0.05) is 37.5 Å². The minimum atomic E-state index is -3.08. The molecule has 3 heterocycles. The Morgan fingerprint density at radius 2 is 1.83 bits per heavy atom. The third kappa shape index (κ3) is 3.26. The van der Waals surface area contributed by atoms with Gasteiger partial charge in [-0.25, -0.2) is 17.4 Å². The highest BCUT2D eigenvalue weighted by atomic mass is 32.2. The van der Waals surface area contributed by atoms with Crippen LogP contribution < -0.4 is 4.74 Å². The van der Waals surface area contributed by atoms with Gasteiger partial charge in [0.25, 0.3) is 0 Å². The summed E-state index contributed by atoms with van der Waals surface area (Å²) in [6, 6.07) is 0. The molecule has 1 fully saturated rings. The van der Waals surface area contributed by atoms with E-state index in [0.717, 1.165) is 37.4 Å². The van der Waals surface area contributed by atoms with Crippen molar-refractivity contribution in [1.82, 2.24) is 14.1 Å². The highest BCUT2D eigenvalue weighted by molar-refractivity contribution is 7.88. The molecule has 0 spiro atoms. The quantitative estimate of drug-likeness (QED) is 0.846. The van der Waals surface area contributed by atoms with E-state index in [1.54, 1.807) is 4.31 Å². The van der Waals surface area contributed by atoms with Crippen LogP contribution in [0.5, 0.6) is 5.88 Å². The Bertz CT molecular complexity index is 673. The second kappa shape index (κ2) is 6.09. The highest BCUT2D eigenvalue weighted by Gasteiger charge is 2.33. The summed E-state index contributed by atoms with van der Waals surface area (Å²) in [7, 11) is -3.08. The van der Waals surface area contributed by atoms with Crippen molar-refractivity contribution < 1.29 is 13.2 Å². The Labute approximate surface area is 138 Å². The Morgan fingerprint density at radius 3 is 2.39 bits per heavy atom. The van der Waals surface area contributed by atoms with Crippen LogP contribution in [0.25, 0.3) is 0 Å². The zero-order valence-electron chi connectivity index (χ0n) is 14.4. The Morgan fingerprint density at radius 1 is 1.17 bits per heavy atom. The van der Waals surface area contributed by atoms with E-state index < -0.39 is 10.0 Å². The van der Waals surface area contributed by atoms with Crippen LogP contribution in [0, 0.1) is 0 Å². The minimum Gasteiger partial charge on any atom is -0.475 e. The Balaban J connectivity index is 1.86. The summed E-state index contributed by atoms with van der Waals surface area (Å²) in [6.45, 7) is 8.52. The van der Waals surface area contributed by atoms with Gasteiger partial charge in [-0.15, -0.1) is 0 Å². The van der Waals surface area contributed by atoms with Crippen LogP contribution >= 0.6 is 0 Å². The van der Waals surface area contributed by atoms with Gasteiger partial charge >= 0.3 is 0 Å². The second-order valence-electron chi connectivity index (χ2n) is 7.14. The van der Waals surface area contributed by atoms with Crippen LogP contribution in [-0.4, -0.2) is 48.0 Å². The first-order valence-corrected chi connectivity index (χ1v) is 10.3. The molecule has 0 aliphatic carbocycles. The standard InChI is InChI=1S/C16H27N3O3S/c1-11(2)14-15(17-19-10-5-12(3)22-16(14)19)13-6-8-18(9-7-13)23(4,20)21/h11-13H,5-10H2,1-4H3/t12-/m1/s1. The average Bonchev–Trinajstić information content (AvgIpc) is 2.85. The Hall–Kier alpha value is -1.08. The lowest BCUT2D eigenvalue weighted by Gasteiger charge is -2.30. The average molecular weight is 341 g/mol. The number of aromatic nitrogens is 2. The zero-order valence-corrected chi connectivity index (χ0v) is 15.3. The van der Waals surface area contributed by atoms with Crippen LogP contribution in [0.1, 0.15) is 63.1 Å². The number of rotatable bonds is 3. The number of nitrogens with zero attached hydrogens (tertiary/aromatic N) is 3. The van der Waals surface area contributed by atoms with Gasteiger partial charge in [-0.1, -0.05) is 13.8 Å². The molecule has 0 bridgehead atoms. The molecule has 0 aromatic carbocycles. The summed E-state index contributed by atoms with van der Waals surface area (Å²) in [6.07, 6.45) is 4.17. The first-order chi connectivity index (χ1) is 10.8. The number of hydrogen-bond acceptors (Lipinski definition) is 4. The SMILES string of the molecule is CC(C)c1c(C2CCN(S(C)(=O)=O)CC2)nn2c1O[C@H](C)CC2. The third-order valence-electron chi connectivity index (χ3n) is 4.92. The van der Waals surface area contributed by atoms with Gasteiger partial charge in [0.1, 0.15) is 0 Å². The van der Waals surface area contributed by atoms with E-state index in [9.17, 15) is 8.42 Å². The molecule has 0 N–H and O–H groups in total. The van der Waals surface area contributed by atoms with E-state index in [0.29, 0.717) is 24.9 Å². The molecule has 3 rings (SSSR count). The monoisotopic (exact) mass is 341 g/mol. The van der Waals surface area contributed by atoms with Crippen molar-refractivity contribution >= 4 is 10.0 Å². The first-order valence-electron chi connectivity index (χ1n) is 8.49. The lowest BCUT2D eigenvalue weighted by atomic mass is 9.89. The summed E-state index contributed by atoms with van der Waals surface area (Å²) >= 11 is 0. The van der Waals surface area contributed by atoms with Crippen molar-refractivity contribution in [2.45, 2.75) is 64.5 Å². The van der Waals surface area contributed by atoms with Gasteiger partial charge in [0.2, 0.25) is 15.9 Å². The van der Waals surface area contributed by atoms with E-state index >= 15 is 0 Å². The number of aryl methyl sites for hydroxylation is 1. The Kier molecular flexibility index (Phi) is 4.44. The van der Waals surface area contributed by atoms with E-state index in [4.69, 9.17) is 9.84 Å². The summed E-state index contributed by atoms with van der Waals surface area (Å²) in [5.74, 6) is 1.61. The van der Waals surface area contributed by atoms with Gasteiger partial charge < -0.3 is 4.74 Å². The summed E-state index contributed by atoms with van der Waals surface area (Å²) in [4.78, 5) is 0. The lowest BCUT2D eigenvalue weighted by molar-refractivity contribution is 0.147. The molecule has 6 nitrogen and oxygen atoms in total. The molecule has 1 saturated heterocycles. The largest absolute Gasteiger partial charge is 0.475 e. The molecule has 2 aliphatic rings. The molecular formula is C16H27N3O3S. The summed E-state index contributed by atoms with van der Waals surface area (Å²) in [5.41, 5.74) is 2.34. The maximum atomic E-state index is 11.7. The normalized spacial score (nSPS) is 23.8. The maximum absolute atomic E-state index is 11.7. The lowest BCUT2D eigenvalue weighted by Crippen LogP contribution is -2.37. The predicted octanol–water partition coefficient (Wildman–Crippen LogP) is 2.32. The van der Waals surface area contributed by atoms with Crippen molar-refractivity contribution in [1.29, 1.82) is 0 Å². The van der Waals surface area contributed by atoms with Gasteiger partial charge in [0.05, 0.1) is 18.1 Å². The number of fused-ring (bicyclic) bond motifs is 1. The third-order valence-corrected chi connectivity index (χ3v) is 6.22. The van der Waals surface area contributed by atoms with Crippen molar-refractivity contribution in [2.24, 2.45) is 0 Å². The molecule has 1 aromatic rings. The molecule has 1 atom stereocenters. The molecule has 2 aliphatic heterocycles. The minimum absolute atomic E-state index is 0.233. The number of sulfonamides is 1. The molecular weight excluding hydrogens is 314 g/mol. The second-order valence-corrected chi connectivity index (χ2v) is 9.12. The number of hydrogen-bond donors (Lipinski definition) is 0. The number of piperidine rings is 1. The molecule has 23 heavy (non-hydrogen) atoms. The summed E-state index contributed by atoms with van der Waals surface area (Å²) in [5, 5.41) is 4.84. The van der Waals surface area contributed by atoms with Crippen molar-refractivity contribution in [3.8, 4) is 5.88 Å². The molecule has 0 unspecified atom stereocenters. The topological polar surface area (TPSA) is 64.4 Å². The van der Waals surface area contributed by atoms with Crippen LogP contribution in [0.15, 0.2) is 0 Å². The smallest absolute Gasteiger partial charge is 0.215 e. The molecule has 7 heteroatoms. The van der Waals surface area contributed by atoms with Crippen LogP contribution in [0.3, 0.4) is 0 Å².